The van der Waals surface area contributed by atoms with E-state index >= 15 is 0 Å². The summed E-state index contributed by atoms with van der Waals surface area (Å²) in [4.78, 5) is 14.9. The molecule has 0 spiro atoms. The topological polar surface area (TPSA) is 76.1 Å². The number of halogens is 2. The van der Waals surface area contributed by atoms with Crippen molar-refractivity contribution in [2.45, 2.75) is 30.6 Å². The minimum atomic E-state index is -4.39. The lowest BCUT2D eigenvalue weighted by Gasteiger charge is -2.15. The van der Waals surface area contributed by atoms with E-state index in [2.05, 4.69) is 4.98 Å². The van der Waals surface area contributed by atoms with Crippen LogP contribution in [0.4, 0.5) is 8.78 Å². The number of alkyl halides is 2. The van der Waals surface area contributed by atoms with Crippen LogP contribution in [0.3, 0.4) is 0 Å². The lowest BCUT2D eigenvalue weighted by Crippen LogP contribution is -2.41. The highest BCUT2D eigenvalue weighted by Crippen LogP contribution is 2.30. The Balaban J connectivity index is 2.30. The summed E-state index contributed by atoms with van der Waals surface area (Å²) in [6, 6.07) is 5.98. The van der Waals surface area contributed by atoms with Crippen molar-refractivity contribution < 1.29 is 22.0 Å². The van der Waals surface area contributed by atoms with Gasteiger partial charge in [-0.2, -0.15) is 8.78 Å². The number of hydrogen-bond donors (Lipinski definition) is 1. The van der Waals surface area contributed by atoms with Crippen LogP contribution in [0.25, 0.3) is 0 Å². The first kappa shape index (κ1) is 17.5. The Morgan fingerprint density at radius 3 is 2.65 bits per heavy atom. The second-order valence-electron chi connectivity index (χ2n) is 4.70. The van der Waals surface area contributed by atoms with Gasteiger partial charge in [0.1, 0.15) is 0 Å². The zero-order valence-electron chi connectivity index (χ0n) is 12.1. The summed E-state index contributed by atoms with van der Waals surface area (Å²) in [5.41, 5.74) is 0.466. The summed E-state index contributed by atoms with van der Waals surface area (Å²) < 4.78 is 53.9. The molecule has 1 aromatic carbocycles. The quantitative estimate of drug-likeness (QED) is 0.859. The predicted octanol–water partition coefficient (Wildman–Crippen LogP) is 2.69. The molecule has 0 aliphatic heterocycles. The Bertz CT molecular complexity index is 790. The summed E-state index contributed by atoms with van der Waals surface area (Å²) in [7, 11) is -4.39. The van der Waals surface area contributed by atoms with E-state index in [9.17, 15) is 22.0 Å². The second-order valence-corrected chi connectivity index (χ2v) is 7.25. The molecule has 0 radical (unpaired) electrons. The summed E-state index contributed by atoms with van der Waals surface area (Å²) in [6.07, 6.45) is 2.25. The molecule has 124 valence electrons. The van der Waals surface area contributed by atoms with Crippen LogP contribution in [0.1, 0.15) is 23.9 Å². The Morgan fingerprint density at radius 2 is 2.04 bits per heavy atom. The van der Waals surface area contributed by atoms with Crippen LogP contribution in [0.15, 0.2) is 40.7 Å². The van der Waals surface area contributed by atoms with E-state index in [-0.39, 0.29) is 4.90 Å². The molecular formula is C14H14F2N2O3S2. The molecule has 0 unspecified atom stereocenters. The first-order chi connectivity index (χ1) is 10.8. The van der Waals surface area contributed by atoms with Gasteiger partial charge in [-0.25, -0.2) is 18.1 Å². The number of nitrogens with zero attached hydrogens (tertiary/aromatic N) is 1. The third kappa shape index (κ3) is 3.73. The van der Waals surface area contributed by atoms with Gasteiger partial charge < -0.3 is 0 Å². The first-order valence-corrected chi connectivity index (χ1v) is 9.08. The van der Waals surface area contributed by atoms with Crippen LogP contribution in [0.2, 0.25) is 0 Å². The van der Waals surface area contributed by atoms with Gasteiger partial charge in [-0.3, -0.25) is 4.79 Å². The van der Waals surface area contributed by atoms with Crippen LogP contribution < -0.4 is 4.72 Å². The van der Waals surface area contributed by atoms with Gasteiger partial charge in [0.2, 0.25) is 0 Å². The summed E-state index contributed by atoms with van der Waals surface area (Å²) in [6.45, 7) is 1.86. The van der Waals surface area contributed by atoms with Crippen molar-refractivity contribution in [3.63, 3.8) is 0 Å². The van der Waals surface area contributed by atoms with Crippen molar-refractivity contribution in [3.8, 4) is 0 Å². The number of sulfonamides is 1. The Hall–Kier alpha value is -1.87. The molecule has 0 fully saturated rings. The van der Waals surface area contributed by atoms with Crippen LogP contribution >= 0.6 is 11.3 Å². The minimum absolute atomic E-state index is 0.176. The van der Waals surface area contributed by atoms with Crippen LogP contribution in [-0.2, 0) is 27.2 Å². The summed E-state index contributed by atoms with van der Waals surface area (Å²) >= 11 is 0.575. The molecule has 0 saturated heterocycles. The van der Waals surface area contributed by atoms with Gasteiger partial charge in [0, 0.05) is 11.6 Å². The number of hydrogen-bond acceptors (Lipinski definition) is 5. The van der Waals surface area contributed by atoms with Crippen LogP contribution in [0, 0.1) is 0 Å². The molecule has 2 rings (SSSR count). The van der Waals surface area contributed by atoms with Crippen LogP contribution in [0.5, 0.6) is 0 Å². The average Bonchev–Trinajstić information content (AvgIpc) is 3.02. The fraction of sp³-hybridized carbons (Fsp3) is 0.286. The Morgan fingerprint density at radius 1 is 1.35 bits per heavy atom. The lowest BCUT2D eigenvalue weighted by molar-refractivity contribution is -0.144. The standard InChI is InChI=1S/C14H14F2N2O3S2/c1-2-5-10-6-3-4-7-11(10)23(20,21)18-12(19)14(15,16)13-17-8-9-22-13/h3-4,6-9H,2,5H2,1H3,(H,18,19). The third-order valence-corrected chi connectivity index (χ3v) is 5.27. The van der Waals surface area contributed by atoms with Gasteiger partial charge in [-0.05, 0) is 18.1 Å². The van der Waals surface area contributed by atoms with E-state index in [1.807, 2.05) is 6.92 Å². The van der Waals surface area contributed by atoms with E-state index in [1.165, 1.54) is 22.2 Å². The molecule has 2 aromatic rings. The molecule has 23 heavy (non-hydrogen) atoms. The van der Waals surface area contributed by atoms with Gasteiger partial charge in [0.05, 0.1) is 4.90 Å². The fourth-order valence-corrected chi connectivity index (χ4v) is 3.83. The largest absolute Gasteiger partial charge is 0.376 e. The maximum atomic E-state index is 13.9. The van der Waals surface area contributed by atoms with E-state index in [0.29, 0.717) is 29.7 Å². The smallest absolute Gasteiger partial charge is 0.266 e. The van der Waals surface area contributed by atoms with E-state index in [0.717, 1.165) is 6.20 Å². The van der Waals surface area contributed by atoms with Gasteiger partial charge in [0.25, 0.3) is 10.0 Å². The van der Waals surface area contributed by atoms with Gasteiger partial charge in [-0.1, -0.05) is 31.5 Å². The van der Waals surface area contributed by atoms with Crippen molar-refractivity contribution in [2.75, 3.05) is 0 Å². The van der Waals surface area contributed by atoms with Gasteiger partial charge in [-0.15, -0.1) is 11.3 Å². The molecule has 0 aliphatic rings. The molecule has 0 aliphatic carbocycles. The number of aryl methyl sites for hydroxylation is 1. The molecule has 1 heterocycles. The zero-order valence-corrected chi connectivity index (χ0v) is 13.8. The number of carbonyl (C=O) groups is 1. The normalized spacial score (nSPS) is 12.1. The number of nitrogens with one attached hydrogen (secondary N) is 1. The molecule has 1 amide bonds. The van der Waals surface area contributed by atoms with Gasteiger partial charge >= 0.3 is 11.8 Å². The monoisotopic (exact) mass is 360 g/mol. The summed E-state index contributed by atoms with van der Waals surface area (Å²) in [5.74, 6) is -5.93. The highest BCUT2D eigenvalue weighted by atomic mass is 32.2. The van der Waals surface area contributed by atoms with Crippen molar-refractivity contribution in [2.24, 2.45) is 0 Å². The Kier molecular flexibility index (Phi) is 5.10. The SMILES string of the molecule is CCCc1ccccc1S(=O)(=O)NC(=O)C(F)(F)c1nccs1. The molecule has 0 bridgehead atoms. The molecule has 9 heteroatoms. The van der Waals surface area contributed by atoms with Crippen molar-refractivity contribution in [1.82, 2.24) is 9.71 Å². The van der Waals surface area contributed by atoms with Gasteiger partial charge in [0.15, 0.2) is 5.01 Å². The van der Waals surface area contributed by atoms with E-state index in [4.69, 9.17) is 0 Å². The predicted molar refractivity (Wildman–Crippen MR) is 81.8 cm³/mol. The van der Waals surface area contributed by atoms with Crippen molar-refractivity contribution in [3.05, 3.63) is 46.4 Å². The lowest BCUT2D eigenvalue weighted by atomic mass is 10.1. The number of amides is 1. The second kappa shape index (κ2) is 6.71. The van der Waals surface area contributed by atoms with E-state index in [1.54, 1.807) is 12.1 Å². The van der Waals surface area contributed by atoms with Crippen molar-refractivity contribution >= 4 is 27.3 Å². The number of carbonyl (C=O) groups excluding carboxylic acids is 1. The fourth-order valence-electron chi connectivity index (χ4n) is 1.96. The minimum Gasteiger partial charge on any atom is -0.266 e. The Labute approximate surface area is 136 Å². The number of aromatic nitrogens is 1. The number of rotatable bonds is 6. The first-order valence-electron chi connectivity index (χ1n) is 6.72. The maximum Gasteiger partial charge on any atom is 0.376 e. The van der Waals surface area contributed by atoms with Crippen LogP contribution in [-0.4, -0.2) is 19.3 Å². The van der Waals surface area contributed by atoms with Crippen molar-refractivity contribution in [1.29, 1.82) is 0 Å². The molecular weight excluding hydrogens is 346 g/mol. The molecule has 5 nitrogen and oxygen atoms in total. The number of thiazole rings is 1. The molecule has 1 N–H and O–H groups in total. The molecule has 0 atom stereocenters. The zero-order chi connectivity index (χ0) is 17.1. The maximum absolute atomic E-state index is 13.9. The summed E-state index contributed by atoms with van der Waals surface area (Å²) in [5, 5.41) is 0.522. The molecule has 0 saturated carbocycles. The average molecular weight is 360 g/mol. The number of benzene rings is 1. The van der Waals surface area contributed by atoms with E-state index < -0.39 is 26.9 Å². The highest BCUT2D eigenvalue weighted by Gasteiger charge is 2.45. The molecule has 1 aromatic heterocycles. The highest BCUT2D eigenvalue weighted by molar-refractivity contribution is 7.90. The third-order valence-electron chi connectivity index (χ3n) is 2.99.